The van der Waals surface area contributed by atoms with Gasteiger partial charge >= 0.3 is 0 Å². The van der Waals surface area contributed by atoms with Gasteiger partial charge < -0.3 is 0 Å². The molecular weight excluding hydrogens is 241 g/mol. The van der Waals surface area contributed by atoms with Gasteiger partial charge in [0.1, 0.15) is 17.6 Å². The molecule has 0 aliphatic heterocycles. The molecule has 0 bridgehead atoms. The summed E-state index contributed by atoms with van der Waals surface area (Å²) >= 11 is 0. The number of nitrogens with zero attached hydrogens (tertiary/aromatic N) is 3. The molecule has 1 aromatic heterocycles. The summed E-state index contributed by atoms with van der Waals surface area (Å²) in [5.41, 5.74) is 2.22. The lowest BCUT2D eigenvalue weighted by molar-refractivity contribution is 0.318. The maximum Gasteiger partial charge on any atom is 0.144 e. The normalized spacial score (nSPS) is 10.4. The third kappa shape index (κ3) is 3.60. The Hall–Kier alpha value is -2.25. The van der Waals surface area contributed by atoms with Crippen molar-refractivity contribution in [3.05, 3.63) is 65.2 Å². The quantitative estimate of drug-likeness (QED) is 0.843. The lowest BCUT2D eigenvalue weighted by Crippen LogP contribution is -2.18. The Labute approximate surface area is 111 Å². The third-order valence-electron chi connectivity index (χ3n) is 2.78. The summed E-state index contributed by atoms with van der Waals surface area (Å²) in [4.78, 5) is 6.04. The molecule has 2 rings (SSSR count). The lowest BCUT2D eigenvalue weighted by atomic mass is 10.1. The molecule has 0 spiro atoms. The van der Waals surface area contributed by atoms with Gasteiger partial charge in [-0.15, -0.1) is 0 Å². The molecule has 96 valence electrons. The highest BCUT2D eigenvalue weighted by Gasteiger charge is 2.07. The maximum atomic E-state index is 13.1. The standard InChI is InChI=1S/C15H14FN3/c1-19(10-12-4-2-6-14(16)8-12)11-13-5-3-7-18-15(13)9-17/h2-8H,10-11H2,1H3. The second-order valence-corrected chi connectivity index (χ2v) is 4.43. The van der Waals surface area contributed by atoms with Crippen LogP contribution in [0.25, 0.3) is 0 Å². The number of hydrogen-bond acceptors (Lipinski definition) is 3. The van der Waals surface area contributed by atoms with Gasteiger partial charge in [0.05, 0.1) is 0 Å². The van der Waals surface area contributed by atoms with E-state index >= 15 is 0 Å². The predicted molar refractivity (Wildman–Crippen MR) is 70.5 cm³/mol. The molecule has 0 amide bonds. The summed E-state index contributed by atoms with van der Waals surface area (Å²) in [6.45, 7) is 1.23. The van der Waals surface area contributed by atoms with Gasteiger partial charge in [0.2, 0.25) is 0 Å². The van der Waals surface area contributed by atoms with Gasteiger partial charge in [-0.1, -0.05) is 18.2 Å². The van der Waals surface area contributed by atoms with Crippen molar-refractivity contribution in [2.24, 2.45) is 0 Å². The van der Waals surface area contributed by atoms with Gasteiger partial charge in [0, 0.05) is 24.8 Å². The number of aromatic nitrogens is 1. The van der Waals surface area contributed by atoms with Crippen LogP contribution >= 0.6 is 0 Å². The molecule has 4 heteroatoms. The van der Waals surface area contributed by atoms with Crippen LogP contribution in [0.15, 0.2) is 42.6 Å². The summed E-state index contributed by atoms with van der Waals surface area (Å²) < 4.78 is 13.1. The van der Waals surface area contributed by atoms with Crippen molar-refractivity contribution in [1.29, 1.82) is 5.26 Å². The number of benzene rings is 1. The van der Waals surface area contributed by atoms with Gasteiger partial charge in [-0.2, -0.15) is 5.26 Å². The molecule has 0 unspecified atom stereocenters. The second-order valence-electron chi connectivity index (χ2n) is 4.43. The fourth-order valence-corrected chi connectivity index (χ4v) is 1.96. The second kappa shape index (κ2) is 6.07. The lowest BCUT2D eigenvalue weighted by Gasteiger charge is -2.17. The molecule has 0 aliphatic rings. The van der Waals surface area contributed by atoms with Crippen LogP contribution in [0.2, 0.25) is 0 Å². The van der Waals surface area contributed by atoms with E-state index in [1.807, 2.05) is 30.1 Å². The van der Waals surface area contributed by atoms with Crippen molar-refractivity contribution in [1.82, 2.24) is 9.88 Å². The summed E-state index contributed by atoms with van der Waals surface area (Å²) in [5, 5.41) is 8.98. The first-order valence-corrected chi connectivity index (χ1v) is 5.96. The molecule has 0 aliphatic carbocycles. The number of halogens is 1. The molecule has 3 nitrogen and oxygen atoms in total. The van der Waals surface area contributed by atoms with Crippen molar-refractivity contribution in [2.45, 2.75) is 13.1 Å². The van der Waals surface area contributed by atoms with Crippen molar-refractivity contribution in [3.63, 3.8) is 0 Å². The molecule has 0 saturated heterocycles. The number of hydrogen-bond donors (Lipinski definition) is 0. The Morgan fingerprint density at radius 2 is 2.11 bits per heavy atom. The topological polar surface area (TPSA) is 39.9 Å². The summed E-state index contributed by atoms with van der Waals surface area (Å²) in [6, 6.07) is 12.3. The van der Waals surface area contributed by atoms with Crippen LogP contribution in [0.1, 0.15) is 16.8 Å². The molecule has 0 atom stereocenters. The monoisotopic (exact) mass is 255 g/mol. The number of pyridine rings is 1. The first-order valence-electron chi connectivity index (χ1n) is 5.96. The van der Waals surface area contributed by atoms with Crippen LogP contribution in [0.5, 0.6) is 0 Å². The third-order valence-corrected chi connectivity index (χ3v) is 2.78. The van der Waals surface area contributed by atoms with E-state index in [0.29, 0.717) is 18.8 Å². The average molecular weight is 255 g/mol. The van der Waals surface area contributed by atoms with Crippen LogP contribution in [-0.2, 0) is 13.1 Å². The van der Waals surface area contributed by atoms with Crippen LogP contribution in [0.3, 0.4) is 0 Å². The molecular formula is C15H14FN3. The van der Waals surface area contributed by atoms with Gasteiger partial charge in [0.15, 0.2) is 0 Å². The number of rotatable bonds is 4. The first-order chi connectivity index (χ1) is 9.19. The van der Waals surface area contributed by atoms with E-state index in [4.69, 9.17) is 5.26 Å². The molecule has 0 saturated carbocycles. The Bertz CT molecular complexity index is 604. The van der Waals surface area contributed by atoms with Gasteiger partial charge in [-0.25, -0.2) is 9.37 Å². The zero-order valence-electron chi connectivity index (χ0n) is 10.7. The van der Waals surface area contributed by atoms with Crippen LogP contribution < -0.4 is 0 Å². The molecule has 0 radical (unpaired) electrons. The maximum absolute atomic E-state index is 13.1. The summed E-state index contributed by atoms with van der Waals surface area (Å²) in [6.07, 6.45) is 1.61. The Kier molecular flexibility index (Phi) is 4.22. The van der Waals surface area contributed by atoms with Gasteiger partial charge in [-0.3, -0.25) is 4.90 Å². The van der Waals surface area contributed by atoms with E-state index in [2.05, 4.69) is 11.1 Å². The minimum Gasteiger partial charge on any atom is -0.298 e. The Morgan fingerprint density at radius 3 is 2.84 bits per heavy atom. The van der Waals surface area contributed by atoms with E-state index in [0.717, 1.165) is 11.1 Å². The SMILES string of the molecule is CN(Cc1cccc(F)c1)Cc1cccnc1C#N. The van der Waals surface area contributed by atoms with E-state index in [1.165, 1.54) is 12.1 Å². The average Bonchev–Trinajstić information content (AvgIpc) is 2.39. The van der Waals surface area contributed by atoms with E-state index in [-0.39, 0.29) is 5.82 Å². The Balaban J connectivity index is 2.06. The molecule has 1 heterocycles. The van der Waals surface area contributed by atoms with Crippen molar-refractivity contribution in [3.8, 4) is 6.07 Å². The van der Waals surface area contributed by atoms with Crippen LogP contribution in [0, 0.1) is 17.1 Å². The summed E-state index contributed by atoms with van der Waals surface area (Å²) in [7, 11) is 1.93. The van der Waals surface area contributed by atoms with Crippen molar-refractivity contribution >= 4 is 0 Å². The van der Waals surface area contributed by atoms with E-state index in [9.17, 15) is 4.39 Å². The molecule has 0 fully saturated rings. The van der Waals surface area contributed by atoms with Gasteiger partial charge in [0.25, 0.3) is 0 Å². The minimum absolute atomic E-state index is 0.231. The zero-order valence-corrected chi connectivity index (χ0v) is 10.7. The van der Waals surface area contributed by atoms with Crippen LogP contribution in [-0.4, -0.2) is 16.9 Å². The van der Waals surface area contributed by atoms with Crippen molar-refractivity contribution in [2.75, 3.05) is 7.05 Å². The smallest absolute Gasteiger partial charge is 0.144 e. The van der Waals surface area contributed by atoms with E-state index < -0.39 is 0 Å². The fourth-order valence-electron chi connectivity index (χ4n) is 1.96. The molecule has 0 N–H and O–H groups in total. The summed E-state index contributed by atoms with van der Waals surface area (Å²) in [5.74, 6) is -0.231. The molecule has 2 aromatic rings. The minimum atomic E-state index is -0.231. The largest absolute Gasteiger partial charge is 0.298 e. The molecule has 19 heavy (non-hydrogen) atoms. The Morgan fingerprint density at radius 1 is 1.26 bits per heavy atom. The zero-order chi connectivity index (χ0) is 13.7. The highest BCUT2D eigenvalue weighted by atomic mass is 19.1. The van der Waals surface area contributed by atoms with E-state index in [1.54, 1.807) is 12.3 Å². The predicted octanol–water partition coefficient (Wildman–Crippen LogP) is 2.72. The highest BCUT2D eigenvalue weighted by Crippen LogP contribution is 2.11. The number of nitriles is 1. The van der Waals surface area contributed by atoms with Crippen LogP contribution in [0.4, 0.5) is 4.39 Å². The van der Waals surface area contributed by atoms with Crippen molar-refractivity contribution < 1.29 is 4.39 Å². The highest BCUT2D eigenvalue weighted by molar-refractivity contribution is 5.30. The fraction of sp³-hybridized carbons (Fsp3) is 0.200. The molecule has 1 aromatic carbocycles. The van der Waals surface area contributed by atoms with Gasteiger partial charge in [-0.05, 0) is 30.8 Å². The first kappa shape index (κ1) is 13.2.